The fraction of sp³-hybridized carbons (Fsp3) is 0.960. The van der Waals surface area contributed by atoms with Gasteiger partial charge in [-0.1, -0.05) is 39.3 Å². The van der Waals surface area contributed by atoms with E-state index in [1.165, 1.54) is 0 Å². The Morgan fingerprint density at radius 3 is 1.94 bits per heavy atom. The molecule has 1 spiro atoms. The molecule has 0 unspecified atom stereocenters. The number of hydrogen-bond acceptors (Lipinski definition) is 22. The van der Waals surface area contributed by atoms with E-state index in [1.54, 1.807) is 5.57 Å². The van der Waals surface area contributed by atoms with Crippen molar-refractivity contribution < 1.29 is 109 Å². The van der Waals surface area contributed by atoms with E-state index >= 15 is 0 Å². The zero-order valence-corrected chi connectivity index (χ0v) is 41.5. The molecule has 0 aromatic rings. The summed E-state index contributed by atoms with van der Waals surface area (Å²) >= 11 is 0. The number of fused-ring (bicyclic) bond motifs is 7. The van der Waals surface area contributed by atoms with Crippen LogP contribution < -0.4 is 0 Å². The van der Waals surface area contributed by atoms with Crippen LogP contribution in [-0.2, 0) is 47.4 Å². The van der Waals surface area contributed by atoms with Crippen molar-refractivity contribution in [2.24, 2.45) is 46.3 Å². The van der Waals surface area contributed by atoms with E-state index in [0.717, 1.165) is 51.6 Å². The largest absolute Gasteiger partial charge is 0.394 e. The van der Waals surface area contributed by atoms with Crippen molar-refractivity contribution in [3.8, 4) is 0 Å². The normalized spacial score (nSPS) is 56.7. The quantitative estimate of drug-likeness (QED) is 0.0762. The van der Waals surface area contributed by atoms with Crippen LogP contribution in [0, 0.1) is 46.3 Å². The molecule has 412 valence electrons. The highest BCUT2D eigenvalue weighted by Gasteiger charge is 2.68. The summed E-state index contributed by atoms with van der Waals surface area (Å²) in [7, 11) is 0. The minimum atomic E-state index is -2.00. The molecule has 6 heterocycles. The average Bonchev–Trinajstić information content (AvgIpc) is 3.82. The van der Waals surface area contributed by atoms with Gasteiger partial charge in [0.05, 0.1) is 45.2 Å². The number of aliphatic hydroxyl groups is 12. The molecule has 10 rings (SSSR count). The molecular formula is C50H80O22. The van der Waals surface area contributed by atoms with Crippen LogP contribution in [0.3, 0.4) is 0 Å². The molecule has 22 heteroatoms. The summed E-state index contributed by atoms with van der Waals surface area (Å²) in [6, 6.07) is 0. The van der Waals surface area contributed by atoms with Gasteiger partial charge in [0.2, 0.25) is 0 Å². The summed E-state index contributed by atoms with van der Waals surface area (Å²) in [5.74, 6) is 2.12. The monoisotopic (exact) mass is 1030 g/mol. The lowest BCUT2D eigenvalue weighted by Crippen LogP contribution is -2.68. The van der Waals surface area contributed by atoms with E-state index in [1.807, 2.05) is 0 Å². The molecule has 0 bridgehead atoms. The molecule has 6 saturated heterocycles. The Balaban J connectivity index is 0.823. The van der Waals surface area contributed by atoms with Crippen molar-refractivity contribution in [1.82, 2.24) is 0 Å². The summed E-state index contributed by atoms with van der Waals surface area (Å²) in [5, 5.41) is 129. The highest BCUT2D eigenvalue weighted by atomic mass is 16.8. The third-order valence-electron chi connectivity index (χ3n) is 19.4. The minimum Gasteiger partial charge on any atom is -0.394 e. The van der Waals surface area contributed by atoms with Crippen LogP contribution in [0.5, 0.6) is 0 Å². The fourth-order valence-electron chi connectivity index (χ4n) is 15.1. The number of hydrogen-bond donors (Lipinski definition) is 12. The fourth-order valence-corrected chi connectivity index (χ4v) is 15.1. The summed E-state index contributed by atoms with van der Waals surface area (Å²) in [6.45, 7) is 7.25. The second-order valence-corrected chi connectivity index (χ2v) is 23.5. The number of rotatable bonds is 11. The van der Waals surface area contributed by atoms with Crippen molar-refractivity contribution >= 4 is 0 Å². The van der Waals surface area contributed by atoms with Crippen LogP contribution in [0.15, 0.2) is 11.6 Å². The molecule has 30 atom stereocenters. The lowest BCUT2D eigenvalue weighted by molar-refractivity contribution is -0.404. The second-order valence-electron chi connectivity index (χ2n) is 23.5. The van der Waals surface area contributed by atoms with E-state index in [9.17, 15) is 61.3 Å². The van der Waals surface area contributed by atoms with Crippen LogP contribution in [0.1, 0.15) is 85.5 Å². The average molecular weight is 1030 g/mol. The molecule has 12 N–H and O–H groups in total. The molecule has 4 aliphatic carbocycles. The van der Waals surface area contributed by atoms with Gasteiger partial charge in [0.15, 0.2) is 30.9 Å². The van der Waals surface area contributed by atoms with Crippen molar-refractivity contribution in [2.45, 2.75) is 220 Å². The standard InChI is InChI=1S/C50H80O22/c1-20-7-12-50(64-18-20)21(2)32-28(72-50)14-26-24-6-5-22-13-23(8-10-48(22,3)25(24)9-11-49(26,32)4)65-45-40(62)37(59)41(31(17-53)68-45)69-47-43(71-46-39(61)36(58)34(56)29(15-51)66-46)42(35(57)30(16-52)67-47)70-44-38(60)33(55)27(54)19-63-44/h9,20-24,26-47,51-62H,5-8,10-19H2,1-4H3/t20-,21+,22+,23+,24-,26+,27-,28+,29-,30-,31-,32+,33+,34-,35-,36+,37-,38-,39-,40-,41+,42+,43-,44+,45-,46+,47+,48+,49+,50-/m1/s1. The SMILES string of the molecule is C[C@@H]1CC[C@@]2(OC1)O[C@H]1C[C@H]3[C@@H]4CC[C@H]5C[C@@H](O[C@@H]6O[C@H](CO)[C@H](O[C@@H]7O[C@H](CO)[C@@H](O)[C@H](O[C@@H]8OC[C@@H](O)[C@H](O)[C@H]8O)[C@H]7O[C@@H]7O[C@H](CO)[C@@H](O)[C@H](O)[C@H]7O)[C@H](O)[C@H]6O)CC[C@]5(C)C4=CC[C@]3(C)[C@H]1[C@@H]2C. The molecule has 0 amide bonds. The van der Waals surface area contributed by atoms with Crippen molar-refractivity contribution in [1.29, 1.82) is 0 Å². The minimum absolute atomic E-state index is 0.0473. The number of aliphatic hydroxyl groups excluding tert-OH is 12. The van der Waals surface area contributed by atoms with E-state index < -0.39 is 149 Å². The smallest absolute Gasteiger partial charge is 0.187 e. The summed E-state index contributed by atoms with van der Waals surface area (Å²) in [4.78, 5) is 0. The molecule has 10 aliphatic rings. The second kappa shape index (κ2) is 20.9. The van der Waals surface area contributed by atoms with Gasteiger partial charge >= 0.3 is 0 Å². The Morgan fingerprint density at radius 2 is 1.24 bits per heavy atom. The summed E-state index contributed by atoms with van der Waals surface area (Å²) < 4.78 is 61.3. The lowest BCUT2D eigenvalue weighted by atomic mass is 9.48. The Morgan fingerprint density at radius 1 is 0.597 bits per heavy atom. The molecule has 3 saturated carbocycles. The van der Waals surface area contributed by atoms with Crippen molar-refractivity contribution in [3.63, 3.8) is 0 Å². The molecule has 72 heavy (non-hydrogen) atoms. The maximum atomic E-state index is 11.8. The van der Waals surface area contributed by atoms with Crippen LogP contribution in [0.25, 0.3) is 0 Å². The van der Waals surface area contributed by atoms with Gasteiger partial charge in [-0.3, -0.25) is 0 Å². The van der Waals surface area contributed by atoms with E-state index in [2.05, 4.69) is 33.8 Å². The Bertz CT molecular complexity index is 1890. The van der Waals surface area contributed by atoms with Crippen LogP contribution in [-0.4, -0.2) is 229 Å². The summed E-state index contributed by atoms with van der Waals surface area (Å²) in [6.07, 6.45) is -22.1. The Hall–Kier alpha value is -1.14. The van der Waals surface area contributed by atoms with Gasteiger partial charge in [-0.2, -0.15) is 0 Å². The van der Waals surface area contributed by atoms with Crippen LogP contribution >= 0.6 is 0 Å². The third-order valence-corrected chi connectivity index (χ3v) is 19.4. The molecule has 0 aromatic carbocycles. The highest BCUT2D eigenvalue weighted by molar-refractivity contribution is 5.30. The molecule has 6 aliphatic heterocycles. The number of ether oxygens (including phenoxy) is 10. The van der Waals surface area contributed by atoms with Gasteiger partial charge in [-0.25, -0.2) is 0 Å². The first-order chi connectivity index (χ1) is 34.3. The zero-order valence-electron chi connectivity index (χ0n) is 41.5. The van der Waals surface area contributed by atoms with Crippen LogP contribution in [0.2, 0.25) is 0 Å². The van der Waals surface area contributed by atoms with E-state index in [0.29, 0.717) is 42.4 Å². The van der Waals surface area contributed by atoms with Gasteiger partial charge < -0.3 is 109 Å². The molecule has 0 aromatic heterocycles. The molecular weight excluding hydrogens is 953 g/mol. The zero-order chi connectivity index (χ0) is 51.3. The lowest BCUT2D eigenvalue weighted by Gasteiger charge is -2.57. The highest BCUT2D eigenvalue weighted by Crippen LogP contribution is 2.70. The van der Waals surface area contributed by atoms with Crippen molar-refractivity contribution in [3.05, 3.63) is 11.6 Å². The Labute approximate surface area is 419 Å². The third kappa shape index (κ3) is 9.18. The first kappa shape index (κ1) is 54.2. The van der Waals surface area contributed by atoms with Gasteiger partial charge in [0, 0.05) is 12.3 Å². The van der Waals surface area contributed by atoms with Gasteiger partial charge in [-0.15, -0.1) is 0 Å². The van der Waals surface area contributed by atoms with E-state index in [-0.39, 0.29) is 29.0 Å². The maximum absolute atomic E-state index is 11.8. The molecule has 0 radical (unpaired) electrons. The predicted octanol–water partition coefficient (Wildman–Crippen LogP) is -2.35. The molecule has 9 fully saturated rings. The predicted molar refractivity (Wildman–Crippen MR) is 242 cm³/mol. The Kier molecular flexibility index (Phi) is 15.7. The van der Waals surface area contributed by atoms with Gasteiger partial charge in [0.1, 0.15) is 91.6 Å². The maximum Gasteiger partial charge on any atom is 0.187 e. The molecule has 22 nitrogen and oxygen atoms in total. The topological polar surface area (TPSA) is 335 Å². The van der Waals surface area contributed by atoms with E-state index in [4.69, 9.17) is 47.4 Å². The van der Waals surface area contributed by atoms with Gasteiger partial charge in [0.25, 0.3) is 0 Å². The van der Waals surface area contributed by atoms with Gasteiger partial charge in [-0.05, 0) is 91.8 Å². The van der Waals surface area contributed by atoms with Crippen molar-refractivity contribution in [2.75, 3.05) is 33.0 Å². The summed E-state index contributed by atoms with van der Waals surface area (Å²) in [5.41, 5.74) is 1.63. The van der Waals surface area contributed by atoms with Crippen LogP contribution in [0.4, 0.5) is 0 Å². The first-order valence-corrected chi connectivity index (χ1v) is 26.4. The number of allylic oxidation sites excluding steroid dienone is 2. The first-order valence-electron chi connectivity index (χ1n) is 26.4.